The minimum absolute atomic E-state index is 0.0761. The largest absolute Gasteiger partial charge is 0.330 e. The van der Waals surface area contributed by atoms with Crippen molar-refractivity contribution in [3.8, 4) is 0 Å². The Hall–Kier alpha value is -1.01. The highest BCUT2D eigenvalue weighted by molar-refractivity contribution is 7.13. The molecule has 1 saturated carbocycles. The van der Waals surface area contributed by atoms with Crippen molar-refractivity contribution in [3.63, 3.8) is 0 Å². The second kappa shape index (κ2) is 5.36. The van der Waals surface area contributed by atoms with Crippen LogP contribution in [0.3, 0.4) is 0 Å². The Morgan fingerprint density at radius 3 is 2.81 bits per heavy atom. The Bertz CT molecular complexity index is 333. The first-order valence-electron chi connectivity index (χ1n) is 5.56. The lowest BCUT2D eigenvalue weighted by atomic mass is 9.82. The molecule has 1 amide bonds. The first-order valence-corrected chi connectivity index (χ1v) is 6.44. The lowest BCUT2D eigenvalue weighted by Crippen LogP contribution is -2.29. The number of amides is 1. The van der Waals surface area contributed by atoms with Gasteiger partial charge in [-0.05, 0) is 38.1 Å². The standard InChI is InChI=1S/C10H16N4OS/c11-5-7-1-3-8(4-2-7)9(15)13-10-14-12-6-16-10/h6-8H,1-5,11H2,(H,13,14,15). The summed E-state index contributed by atoms with van der Waals surface area (Å²) < 4.78 is 0. The third-order valence-corrected chi connectivity index (χ3v) is 3.75. The topological polar surface area (TPSA) is 80.9 Å². The van der Waals surface area contributed by atoms with Gasteiger partial charge in [-0.3, -0.25) is 4.79 Å². The molecule has 0 aliphatic heterocycles. The summed E-state index contributed by atoms with van der Waals surface area (Å²) in [6.07, 6.45) is 3.99. The maximum absolute atomic E-state index is 11.9. The van der Waals surface area contributed by atoms with Crippen molar-refractivity contribution in [2.24, 2.45) is 17.6 Å². The van der Waals surface area contributed by atoms with E-state index in [4.69, 9.17) is 5.73 Å². The molecule has 1 aromatic rings. The Morgan fingerprint density at radius 1 is 1.50 bits per heavy atom. The van der Waals surface area contributed by atoms with E-state index in [9.17, 15) is 4.79 Å². The summed E-state index contributed by atoms with van der Waals surface area (Å²) in [7, 11) is 0. The summed E-state index contributed by atoms with van der Waals surface area (Å²) in [4.78, 5) is 11.9. The van der Waals surface area contributed by atoms with Gasteiger partial charge in [0, 0.05) is 5.92 Å². The molecule has 0 bridgehead atoms. The number of hydrogen-bond donors (Lipinski definition) is 2. The minimum Gasteiger partial charge on any atom is -0.330 e. The van der Waals surface area contributed by atoms with Crippen molar-refractivity contribution in [1.82, 2.24) is 10.2 Å². The van der Waals surface area contributed by atoms with Gasteiger partial charge in [0.15, 0.2) is 0 Å². The van der Waals surface area contributed by atoms with E-state index >= 15 is 0 Å². The summed E-state index contributed by atoms with van der Waals surface area (Å²) in [6.45, 7) is 0.741. The Balaban J connectivity index is 1.82. The van der Waals surface area contributed by atoms with Gasteiger partial charge in [-0.15, -0.1) is 10.2 Å². The fourth-order valence-corrected chi connectivity index (χ4v) is 2.54. The van der Waals surface area contributed by atoms with E-state index in [2.05, 4.69) is 15.5 Å². The maximum Gasteiger partial charge on any atom is 0.229 e. The van der Waals surface area contributed by atoms with Crippen molar-refractivity contribution in [3.05, 3.63) is 5.51 Å². The molecule has 0 atom stereocenters. The molecule has 6 heteroatoms. The molecular weight excluding hydrogens is 224 g/mol. The highest BCUT2D eigenvalue weighted by Crippen LogP contribution is 2.29. The SMILES string of the molecule is NCC1CCC(C(=O)Nc2nncs2)CC1. The van der Waals surface area contributed by atoms with Crippen LogP contribution in [0.4, 0.5) is 5.13 Å². The van der Waals surface area contributed by atoms with Crippen LogP contribution in [0.1, 0.15) is 25.7 Å². The predicted octanol–water partition coefficient (Wildman–Crippen LogP) is 1.24. The summed E-state index contributed by atoms with van der Waals surface area (Å²) in [6, 6.07) is 0. The van der Waals surface area contributed by atoms with Crippen LogP contribution in [0.5, 0.6) is 0 Å². The average molecular weight is 240 g/mol. The van der Waals surface area contributed by atoms with Crippen LogP contribution in [0.25, 0.3) is 0 Å². The van der Waals surface area contributed by atoms with Gasteiger partial charge in [0.1, 0.15) is 5.51 Å². The van der Waals surface area contributed by atoms with Gasteiger partial charge in [0.25, 0.3) is 0 Å². The molecule has 16 heavy (non-hydrogen) atoms. The van der Waals surface area contributed by atoms with E-state index in [1.54, 1.807) is 5.51 Å². The summed E-state index contributed by atoms with van der Waals surface area (Å²) in [5.74, 6) is 0.796. The van der Waals surface area contributed by atoms with Crippen LogP contribution in [0.2, 0.25) is 0 Å². The average Bonchev–Trinajstić information content (AvgIpc) is 2.82. The molecule has 88 valence electrons. The number of nitrogens with zero attached hydrogens (tertiary/aromatic N) is 2. The maximum atomic E-state index is 11.9. The molecule has 5 nitrogen and oxygen atoms in total. The molecular formula is C10H16N4OS. The molecule has 1 heterocycles. The van der Waals surface area contributed by atoms with Crippen LogP contribution in [0, 0.1) is 11.8 Å². The first kappa shape index (κ1) is 11.5. The van der Waals surface area contributed by atoms with Gasteiger partial charge in [0.2, 0.25) is 11.0 Å². The number of carbonyl (C=O) groups is 1. The number of hydrogen-bond acceptors (Lipinski definition) is 5. The minimum atomic E-state index is 0.0761. The fraction of sp³-hybridized carbons (Fsp3) is 0.700. The third kappa shape index (κ3) is 2.76. The van der Waals surface area contributed by atoms with Gasteiger partial charge in [-0.1, -0.05) is 11.3 Å². The van der Waals surface area contributed by atoms with Crippen LogP contribution >= 0.6 is 11.3 Å². The lowest BCUT2D eigenvalue weighted by molar-refractivity contribution is -0.121. The van der Waals surface area contributed by atoms with E-state index in [0.717, 1.165) is 32.2 Å². The molecule has 0 spiro atoms. The molecule has 0 aromatic carbocycles. The Morgan fingerprint density at radius 2 is 2.25 bits per heavy atom. The van der Waals surface area contributed by atoms with Crippen molar-refractivity contribution < 1.29 is 4.79 Å². The van der Waals surface area contributed by atoms with E-state index in [1.807, 2.05) is 0 Å². The van der Waals surface area contributed by atoms with Gasteiger partial charge in [-0.2, -0.15) is 0 Å². The number of carbonyl (C=O) groups excluding carboxylic acids is 1. The molecule has 1 fully saturated rings. The fourth-order valence-electron chi connectivity index (χ4n) is 2.10. The summed E-state index contributed by atoms with van der Waals surface area (Å²) in [5.41, 5.74) is 7.23. The molecule has 1 aromatic heterocycles. The molecule has 3 N–H and O–H groups in total. The second-order valence-electron chi connectivity index (χ2n) is 4.19. The van der Waals surface area contributed by atoms with Gasteiger partial charge < -0.3 is 11.1 Å². The highest BCUT2D eigenvalue weighted by atomic mass is 32.1. The number of anilines is 1. The van der Waals surface area contributed by atoms with Crippen LogP contribution in [-0.4, -0.2) is 22.6 Å². The zero-order valence-electron chi connectivity index (χ0n) is 9.06. The van der Waals surface area contributed by atoms with Crippen LogP contribution in [-0.2, 0) is 4.79 Å². The van der Waals surface area contributed by atoms with Crippen molar-refractivity contribution in [2.75, 3.05) is 11.9 Å². The molecule has 1 aliphatic carbocycles. The number of nitrogens with one attached hydrogen (secondary N) is 1. The van der Waals surface area contributed by atoms with Gasteiger partial charge in [-0.25, -0.2) is 0 Å². The van der Waals surface area contributed by atoms with E-state index in [1.165, 1.54) is 11.3 Å². The lowest BCUT2D eigenvalue weighted by Gasteiger charge is -2.26. The monoisotopic (exact) mass is 240 g/mol. The van der Waals surface area contributed by atoms with Crippen molar-refractivity contribution >= 4 is 22.4 Å². The molecule has 0 saturated heterocycles. The van der Waals surface area contributed by atoms with E-state index in [-0.39, 0.29) is 11.8 Å². The zero-order chi connectivity index (χ0) is 11.4. The van der Waals surface area contributed by atoms with Gasteiger partial charge in [0.05, 0.1) is 0 Å². The normalized spacial score (nSPS) is 25.3. The number of rotatable bonds is 3. The van der Waals surface area contributed by atoms with Gasteiger partial charge >= 0.3 is 0 Å². The van der Waals surface area contributed by atoms with Crippen molar-refractivity contribution in [2.45, 2.75) is 25.7 Å². The summed E-state index contributed by atoms with van der Waals surface area (Å²) >= 11 is 1.35. The first-order chi connectivity index (χ1) is 7.79. The van der Waals surface area contributed by atoms with E-state index in [0.29, 0.717) is 11.0 Å². The predicted molar refractivity (Wildman–Crippen MR) is 63.0 cm³/mol. The highest BCUT2D eigenvalue weighted by Gasteiger charge is 2.25. The molecule has 0 unspecified atom stereocenters. The number of nitrogens with two attached hydrogens (primary N) is 1. The Labute approximate surface area is 98.4 Å². The summed E-state index contributed by atoms with van der Waals surface area (Å²) in [5, 5.41) is 10.9. The second-order valence-corrected chi connectivity index (χ2v) is 5.02. The Kier molecular flexibility index (Phi) is 3.84. The smallest absolute Gasteiger partial charge is 0.229 e. The van der Waals surface area contributed by atoms with Crippen molar-refractivity contribution in [1.29, 1.82) is 0 Å². The van der Waals surface area contributed by atoms with E-state index < -0.39 is 0 Å². The van der Waals surface area contributed by atoms with Crippen LogP contribution < -0.4 is 11.1 Å². The number of aromatic nitrogens is 2. The molecule has 2 rings (SSSR count). The quantitative estimate of drug-likeness (QED) is 0.833. The van der Waals surface area contributed by atoms with Crippen LogP contribution in [0.15, 0.2) is 5.51 Å². The molecule has 0 radical (unpaired) electrons. The molecule has 1 aliphatic rings. The zero-order valence-corrected chi connectivity index (χ0v) is 9.87. The third-order valence-electron chi connectivity index (χ3n) is 3.14.